The van der Waals surface area contributed by atoms with Crippen LogP contribution >= 0.6 is 0 Å². The highest BCUT2D eigenvalue weighted by molar-refractivity contribution is 5.76. The quantitative estimate of drug-likeness (QED) is 0.799. The number of piperidine rings is 1. The molecule has 1 fully saturated rings. The van der Waals surface area contributed by atoms with E-state index < -0.39 is 0 Å². The maximum atomic E-state index is 12.4. The van der Waals surface area contributed by atoms with Crippen LogP contribution in [0.4, 0.5) is 0 Å². The van der Waals surface area contributed by atoms with Gasteiger partial charge in [-0.05, 0) is 18.8 Å². The Hall–Kier alpha value is -2.25. The van der Waals surface area contributed by atoms with Crippen LogP contribution in [0.3, 0.4) is 0 Å². The predicted molar refractivity (Wildman–Crippen MR) is 86.0 cm³/mol. The van der Waals surface area contributed by atoms with Crippen LogP contribution in [0, 0.1) is 5.92 Å². The van der Waals surface area contributed by atoms with Gasteiger partial charge in [-0.3, -0.25) is 4.79 Å². The molecule has 8 nitrogen and oxygen atoms in total. The number of carbonyl (C=O) groups is 1. The Morgan fingerprint density at radius 3 is 2.92 bits per heavy atom. The Kier molecular flexibility index (Phi) is 5.22. The molecule has 8 heteroatoms. The van der Waals surface area contributed by atoms with Crippen LogP contribution in [-0.4, -0.2) is 48.8 Å². The molecule has 1 saturated heterocycles. The van der Waals surface area contributed by atoms with Gasteiger partial charge in [0.2, 0.25) is 11.8 Å². The molecule has 0 spiro atoms. The van der Waals surface area contributed by atoms with Gasteiger partial charge in [0.05, 0.1) is 5.92 Å². The highest BCUT2D eigenvalue weighted by atomic mass is 16.5. The van der Waals surface area contributed by atoms with Gasteiger partial charge in [-0.25, -0.2) is 0 Å². The maximum Gasteiger partial charge on any atom is 0.231 e. The summed E-state index contributed by atoms with van der Waals surface area (Å²) in [5.74, 6) is 2.22. The van der Waals surface area contributed by atoms with Crippen molar-refractivity contribution in [2.75, 3.05) is 13.1 Å². The van der Waals surface area contributed by atoms with Crippen molar-refractivity contribution in [1.29, 1.82) is 0 Å². The second kappa shape index (κ2) is 7.55. The Morgan fingerprint density at radius 2 is 2.17 bits per heavy atom. The molecule has 1 unspecified atom stereocenters. The summed E-state index contributed by atoms with van der Waals surface area (Å²) < 4.78 is 7.25. The van der Waals surface area contributed by atoms with Crippen LogP contribution in [0.25, 0.3) is 0 Å². The minimum atomic E-state index is 0.144. The predicted octanol–water partition coefficient (Wildman–Crippen LogP) is 1.66. The number of nitrogens with zero attached hydrogens (tertiary/aromatic N) is 6. The van der Waals surface area contributed by atoms with Crippen LogP contribution in [-0.2, 0) is 17.8 Å². The average molecular weight is 332 g/mol. The summed E-state index contributed by atoms with van der Waals surface area (Å²) in [6.45, 7) is 6.32. The molecule has 0 N–H and O–H groups in total. The van der Waals surface area contributed by atoms with Crippen LogP contribution in [0.2, 0.25) is 0 Å². The van der Waals surface area contributed by atoms with E-state index in [1.54, 1.807) is 12.7 Å². The van der Waals surface area contributed by atoms with E-state index in [0.717, 1.165) is 31.6 Å². The highest BCUT2D eigenvalue weighted by Gasteiger charge is 2.28. The van der Waals surface area contributed by atoms with E-state index in [1.807, 2.05) is 9.47 Å². The molecule has 1 aliphatic heterocycles. The molecule has 1 atom stereocenters. The molecule has 1 amide bonds. The third-order valence-corrected chi connectivity index (χ3v) is 4.25. The molecule has 1 aliphatic rings. The average Bonchev–Trinajstić information content (AvgIpc) is 3.24. The number of rotatable bonds is 6. The summed E-state index contributed by atoms with van der Waals surface area (Å²) in [4.78, 5) is 18.9. The van der Waals surface area contributed by atoms with E-state index in [1.165, 1.54) is 0 Å². The van der Waals surface area contributed by atoms with Gasteiger partial charge >= 0.3 is 0 Å². The van der Waals surface area contributed by atoms with Gasteiger partial charge in [0.15, 0.2) is 5.82 Å². The summed E-state index contributed by atoms with van der Waals surface area (Å²) in [5.41, 5.74) is 0. The first-order valence-corrected chi connectivity index (χ1v) is 8.54. The molecule has 0 aliphatic carbocycles. The van der Waals surface area contributed by atoms with Gasteiger partial charge in [0.1, 0.15) is 12.7 Å². The lowest BCUT2D eigenvalue weighted by Gasteiger charge is -2.31. The fraction of sp³-hybridized carbons (Fsp3) is 0.688. The van der Waals surface area contributed by atoms with Crippen molar-refractivity contribution in [3.63, 3.8) is 0 Å². The first-order valence-electron chi connectivity index (χ1n) is 8.54. The summed E-state index contributed by atoms with van der Waals surface area (Å²) in [7, 11) is 0. The largest absolute Gasteiger partial charge is 0.342 e. The fourth-order valence-electron chi connectivity index (χ4n) is 3.01. The zero-order chi connectivity index (χ0) is 16.9. The summed E-state index contributed by atoms with van der Waals surface area (Å²) in [6.07, 6.45) is 6.47. The molecule has 0 bridgehead atoms. The van der Waals surface area contributed by atoms with Gasteiger partial charge in [-0.2, -0.15) is 4.98 Å². The molecule has 3 rings (SSSR count). The minimum absolute atomic E-state index is 0.144. The fourth-order valence-corrected chi connectivity index (χ4v) is 3.01. The van der Waals surface area contributed by atoms with E-state index in [4.69, 9.17) is 4.52 Å². The monoisotopic (exact) mass is 332 g/mol. The number of likely N-dealkylation sites (tertiary alicyclic amines) is 1. The smallest absolute Gasteiger partial charge is 0.231 e. The third kappa shape index (κ3) is 4.18. The molecule has 130 valence electrons. The van der Waals surface area contributed by atoms with Crippen molar-refractivity contribution in [2.45, 2.75) is 52.0 Å². The second-order valence-electron chi connectivity index (χ2n) is 6.78. The van der Waals surface area contributed by atoms with Crippen LogP contribution in [0.1, 0.15) is 50.7 Å². The molecule has 0 radical (unpaired) electrons. The first kappa shape index (κ1) is 16.6. The first-order chi connectivity index (χ1) is 11.6. The van der Waals surface area contributed by atoms with Crippen molar-refractivity contribution in [3.05, 3.63) is 24.4 Å². The molecule has 3 heterocycles. The lowest BCUT2D eigenvalue weighted by atomic mass is 9.97. The number of aryl methyl sites for hydroxylation is 1. The van der Waals surface area contributed by atoms with Crippen LogP contribution in [0.5, 0.6) is 0 Å². The highest BCUT2D eigenvalue weighted by Crippen LogP contribution is 2.26. The Balaban J connectivity index is 1.55. The van der Waals surface area contributed by atoms with Crippen molar-refractivity contribution in [3.8, 4) is 0 Å². The van der Waals surface area contributed by atoms with E-state index in [9.17, 15) is 4.79 Å². The van der Waals surface area contributed by atoms with Gasteiger partial charge in [0, 0.05) is 32.5 Å². The van der Waals surface area contributed by atoms with E-state index in [2.05, 4.69) is 34.2 Å². The molecule has 24 heavy (non-hydrogen) atoms. The minimum Gasteiger partial charge on any atom is -0.342 e. The van der Waals surface area contributed by atoms with Crippen molar-refractivity contribution in [2.24, 2.45) is 5.92 Å². The van der Waals surface area contributed by atoms with Crippen molar-refractivity contribution >= 4 is 5.91 Å². The topological polar surface area (TPSA) is 89.9 Å². The number of amides is 1. The second-order valence-corrected chi connectivity index (χ2v) is 6.78. The maximum absolute atomic E-state index is 12.4. The summed E-state index contributed by atoms with van der Waals surface area (Å²) in [6, 6.07) is 0. The van der Waals surface area contributed by atoms with Crippen LogP contribution in [0.15, 0.2) is 17.2 Å². The van der Waals surface area contributed by atoms with E-state index >= 15 is 0 Å². The Morgan fingerprint density at radius 1 is 1.38 bits per heavy atom. The van der Waals surface area contributed by atoms with Crippen molar-refractivity contribution in [1.82, 2.24) is 29.8 Å². The number of hydrogen-bond acceptors (Lipinski definition) is 6. The summed E-state index contributed by atoms with van der Waals surface area (Å²) >= 11 is 0. The molecular formula is C16H24N6O2. The Bertz CT molecular complexity index is 651. The van der Waals surface area contributed by atoms with Crippen molar-refractivity contribution < 1.29 is 9.32 Å². The van der Waals surface area contributed by atoms with Crippen LogP contribution < -0.4 is 0 Å². The van der Waals surface area contributed by atoms with E-state index in [-0.39, 0.29) is 11.8 Å². The molecular weight excluding hydrogens is 308 g/mol. The number of aromatic nitrogens is 5. The third-order valence-electron chi connectivity index (χ3n) is 4.25. The van der Waals surface area contributed by atoms with E-state index in [0.29, 0.717) is 31.3 Å². The molecule has 2 aromatic rings. The lowest BCUT2D eigenvalue weighted by molar-refractivity contribution is -0.132. The normalized spacial score (nSPS) is 18.3. The standard InChI is InChI=1S/C16H24N6O2/c1-12(2)8-14-19-16(24-20-14)13-4-3-6-22(9-13)15(23)5-7-21-10-17-18-11-21/h10-13H,3-9H2,1-2H3. The van der Waals surface area contributed by atoms with Gasteiger partial charge in [0.25, 0.3) is 0 Å². The molecule has 0 saturated carbocycles. The summed E-state index contributed by atoms with van der Waals surface area (Å²) in [5, 5.41) is 11.6. The Labute approximate surface area is 141 Å². The van der Waals surface area contributed by atoms with Gasteiger partial charge in [-0.1, -0.05) is 19.0 Å². The number of carbonyl (C=O) groups excluding carboxylic acids is 1. The lowest BCUT2D eigenvalue weighted by Crippen LogP contribution is -2.39. The van der Waals surface area contributed by atoms with Gasteiger partial charge < -0.3 is 14.0 Å². The molecule has 2 aromatic heterocycles. The van der Waals surface area contributed by atoms with Gasteiger partial charge in [-0.15, -0.1) is 10.2 Å². The zero-order valence-corrected chi connectivity index (χ0v) is 14.3. The zero-order valence-electron chi connectivity index (χ0n) is 14.3. The number of hydrogen-bond donors (Lipinski definition) is 0. The SMILES string of the molecule is CC(C)Cc1noc(C2CCCN(C(=O)CCn3cnnc3)C2)n1. The molecule has 0 aromatic carbocycles.